The maximum Gasteiger partial charge on any atom is 0.416 e. The van der Waals surface area contributed by atoms with Crippen LogP contribution in [-0.2, 0) is 23.7 Å². The summed E-state index contributed by atoms with van der Waals surface area (Å²) in [5, 5.41) is 12.9. The minimum Gasteiger partial charge on any atom is -0.345 e. The van der Waals surface area contributed by atoms with Crippen molar-refractivity contribution in [3.8, 4) is 5.69 Å². The smallest absolute Gasteiger partial charge is 0.345 e. The second kappa shape index (κ2) is 13.0. The Balaban J connectivity index is 1.58. The monoisotopic (exact) mass is 681 g/mol. The summed E-state index contributed by atoms with van der Waals surface area (Å²) in [6, 6.07) is 10.8. The summed E-state index contributed by atoms with van der Waals surface area (Å²) < 4.78 is 80.8. The zero-order chi connectivity index (χ0) is 31.5. The highest BCUT2D eigenvalue weighted by molar-refractivity contribution is 7.99. The van der Waals surface area contributed by atoms with E-state index in [0.717, 1.165) is 42.1 Å². The number of alkyl halides is 6. The van der Waals surface area contributed by atoms with Gasteiger partial charge in [-0.15, -0.1) is 10.2 Å². The number of carbonyl (C=O) groups excluding carboxylic acids is 2. The summed E-state index contributed by atoms with van der Waals surface area (Å²) in [6.45, 7) is -0.312. The molecule has 0 atom stereocenters. The number of thioether (sulfide) groups is 1. The number of hydrogen-bond donors (Lipinski definition) is 2. The van der Waals surface area contributed by atoms with Crippen LogP contribution in [0, 0.1) is 0 Å². The minimum atomic E-state index is -4.68. The third-order valence-corrected chi connectivity index (χ3v) is 7.42. The van der Waals surface area contributed by atoms with Crippen molar-refractivity contribution < 1.29 is 35.9 Å². The van der Waals surface area contributed by atoms with E-state index in [9.17, 15) is 35.9 Å². The Labute approximate surface area is 258 Å². The molecular formula is C26H16Cl3F6N5O2S. The molecule has 0 spiro atoms. The van der Waals surface area contributed by atoms with E-state index in [-0.39, 0.29) is 44.5 Å². The summed E-state index contributed by atoms with van der Waals surface area (Å²) in [4.78, 5) is 25.3. The van der Waals surface area contributed by atoms with Gasteiger partial charge in [-0.25, -0.2) is 0 Å². The summed E-state index contributed by atoms with van der Waals surface area (Å²) in [7, 11) is 0. The number of rotatable bonds is 8. The number of carbonyl (C=O) groups is 2. The van der Waals surface area contributed by atoms with Gasteiger partial charge in [0.05, 0.1) is 50.4 Å². The first kappa shape index (κ1) is 32.5. The number of aromatic nitrogens is 3. The van der Waals surface area contributed by atoms with Gasteiger partial charge in [0.2, 0.25) is 5.91 Å². The van der Waals surface area contributed by atoms with Gasteiger partial charge in [-0.2, -0.15) is 26.3 Å². The average Bonchev–Trinajstić information content (AvgIpc) is 3.33. The van der Waals surface area contributed by atoms with Crippen molar-refractivity contribution >= 4 is 64.1 Å². The Morgan fingerprint density at radius 1 is 0.837 bits per heavy atom. The second-order valence-electron chi connectivity index (χ2n) is 8.62. The Morgan fingerprint density at radius 2 is 1.53 bits per heavy atom. The average molecular weight is 683 g/mol. The van der Waals surface area contributed by atoms with Crippen LogP contribution in [0.1, 0.15) is 27.3 Å². The summed E-state index contributed by atoms with van der Waals surface area (Å²) in [6.07, 6.45) is -9.36. The highest BCUT2D eigenvalue weighted by atomic mass is 35.5. The van der Waals surface area contributed by atoms with Gasteiger partial charge in [0.15, 0.2) is 11.0 Å². The van der Waals surface area contributed by atoms with Gasteiger partial charge in [0, 0.05) is 5.02 Å². The van der Waals surface area contributed by atoms with Crippen LogP contribution in [0.2, 0.25) is 15.1 Å². The molecule has 4 rings (SSSR count). The zero-order valence-electron chi connectivity index (χ0n) is 21.2. The van der Waals surface area contributed by atoms with Crippen molar-refractivity contribution in [1.29, 1.82) is 0 Å². The van der Waals surface area contributed by atoms with Crippen LogP contribution in [-0.4, -0.2) is 32.3 Å². The minimum absolute atomic E-state index is 0.00147. The Morgan fingerprint density at radius 3 is 2.21 bits per heavy atom. The molecule has 1 heterocycles. The molecule has 226 valence electrons. The van der Waals surface area contributed by atoms with Crippen LogP contribution in [0.25, 0.3) is 5.69 Å². The Bertz CT molecular complexity index is 1680. The number of benzene rings is 3. The van der Waals surface area contributed by atoms with Crippen LogP contribution >= 0.6 is 46.6 Å². The fourth-order valence-corrected chi connectivity index (χ4v) is 5.06. The number of nitrogens with zero attached hydrogens (tertiary/aromatic N) is 3. The van der Waals surface area contributed by atoms with Gasteiger partial charge in [-0.1, -0.05) is 52.6 Å². The van der Waals surface area contributed by atoms with Gasteiger partial charge in [-0.05, 0) is 54.6 Å². The van der Waals surface area contributed by atoms with E-state index in [1.165, 1.54) is 28.8 Å². The molecule has 0 unspecified atom stereocenters. The van der Waals surface area contributed by atoms with E-state index in [1.807, 2.05) is 0 Å². The first-order chi connectivity index (χ1) is 20.1. The molecule has 17 heteroatoms. The molecule has 0 saturated heterocycles. The van der Waals surface area contributed by atoms with Crippen molar-refractivity contribution in [1.82, 2.24) is 20.1 Å². The molecule has 0 aliphatic rings. The van der Waals surface area contributed by atoms with E-state index < -0.39 is 41.0 Å². The first-order valence-electron chi connectivity index (χ1n) is 11.8. The quantitative estimate of drug-likeness (QED) is 0.146. The van der Waals surface area contributed by atoms with E-state index in [2.05, 4.69) is 20.8 Å². The highest BCUT2D eigenvalue weighted by Gasteiger charge is 2.32. The molecule has 0 aliphatic carbocycles. The summed E-state index contributed by atoms with van der Waals surface area (Å²) in [5.41, 5.74) is -2.25. The Kier molecular flexibility index (Phi) is 9.84. The molecular weight excluding hydrogens is 667 g/mol. The van der Waals surface area contributed by atoms with E-state index in [1.54, 1.807) is 0 Å². The lowest BCUT2D eigenvalue weighted by molar-refractivity contribution is -0.138. The van der Waals surface area contributed by atoms with Crippen molar-refractivity contribution in [2.75, 3.05) is 11.1 Å². The van der Waals surface area contributed by atoms with Crippen LogP contribution in [0.4, 0.5) is 32.0 Å². The van der Waals surface area contributed by atoms with Crippen molar-refractivity contribution in [2.24, 2.45) is 0 Å². The van der Waals surface area contributed by atoms with Crippen LogP contribution in [0.3, 0.4) is 0 Å². The van der Waals surface area contributed by atoms with Gasteiger partial charge < -0.3 is 10.6 Å². The van der Waals surface area contributed by atoms with E-state index >= 15 is 0 Å². The van der Waals surface area contributed by atoms with Gasteiger partial charge >= 0.3 is 12.4 Å². The van der Waals surface area contributed by atoms with E-state index in [0.29, 0.717) is 11.1 Å². The molecule has 43 heavy (non-hydrogen) atoms. The highest BCUT2D eigenvalue weighted by Crippen LogP contribution is 2.35. The summed E-state index contributed by atoms with van der Waals surface area (Å²) in [5.74, 6) is -1.85. The molecule has 0 bridgehead atoms. The molecule has 4 aromatic rings. The lowest BCUT2D eigenvalue weighted by atomic mass is 10.2. The Hall–Kier alpha value is -3.46. The van der Waals surface area contributed by atoms with Crippen molar-refractivity contribution in [3.63, 3.8) is 0 Å². The maximum absolute atomic E-state index is 13.5. The first-order valence-corrected chi connectivity index (χ1v) is 13.9. The predicted molar refractivity (Wildman–Crippen MR) is 150 cm³/mol. The zero-order valence-corrected chi connectivity index (χ0v) is 24.2. The number of hydrogen-bond acceptors (Lipinski definition) is 5. The van der Waals surface area contributed by atoms with Crippen molar-refractivity contribution in [3.05, 3.63) is 98.2 Å². The SMILES string of the molecule is O=C(CSc1nnc(CNC(=O)c2ccc(Cl)cc2Cl)n1-c1cccc(C(F)(F)F)c1)Nc1cc(C(F)(F)F)ccc1Cl. The van der Waals surface area contributed by atoms with E-state index in [4.69, 9.17) is 34.8 Å². The molecule has 0 aliphatic heterocycles. The van der Waals surface area contributed by atoms with Gasteiger partial charge in [-0.3, -0.25) is 14.2 Å². The number of anilines is 1. The fraction of sp³-hybridized carbons (Fsp3) is 0.154. The largest absolute Gasteiger partial charge is 0.416 e. The van der Waals surface area contributed by atoms with Gasteiger partial charge in [0.25, 0.3) is 5.91 Å². The number of amides is 2. The second-order valence-corrected chi connectivity index (χ2v) is 10.8. The molecule has 2 amide bonds. The predicted octanol–water partition coefficient (Wildman–Crippen LogP) is 7.93. The van der Waals surface area contributed by atoms with Crippen LogP contribution in [0.5, 0.6) is 0 Å². The van der Waals surface area contributed by atoms with Crippen molar-refractivity contribution in [2.45, 2.75) is 24.1 Å². The van der Waals surface area contributed by atoms with Crippen LogP contribution < -0.4 is 10.6 Å². The molecule has 1 aromatic heterocycles. The lowest BCUT2D eigenvalue weighted by Gasteiger charge is -2.14. The van der Waals surface area contributed by atoms with Crippen LogP contribution in [0.15, 0.2) is 65.8 Å². The number of halogens is 9. The third-order valence-electron chi connectivity index (χ3n) is 5.62. The molecule has 0 saturated carbocycles. The third kappa shape index (κ3) is 8.13. The van der Waals surface area contributed by atoms with Gasteiger partial charge in [0.1, 0.15) is 0 Å². The maximum atomic E-state index is 13.5. The topological polar surface area (TPSA) is 88.9 Å². The molecule has 7 nitrogen and oxygen atoms in total. The standard InChI is InChI=1S/C26H16Cl3F6N5O2S/c27-15-5-6-17(19(29)10-15)23(42)36-11-21-38-39-24(40(21)16-3-1-2-13(8-16)25(30,31)32)43-12-22(41)37-20-9-14(26(33,34)35)4-7-18(20)28/h1-10H,11-12H2,(H,36,42)(H,37,41). The number of nitrogens with one attached hydrogen (secondary N) is 2. The fourth-order valence-electron chi connectivity index (χ4n) is 3.63. The molecule has 0 fully saturated rings. The molecule has 0 radical (unpaired) electrons. The molecule has 2 N–H and O–H groups in total. The normalized spacial score (nSPS) is 11.8. The molecule has 3 aromatic carbocycles. The summed E-state index contributed by atoms with van der Waals surface area (Å²) >= 11 is 18.6. The lowest BCUT2D eigenvalue weighted by Crippen LogP contribution is -2.25.